The zero-order valence-electron chi connectivity index (χ0n) is 12.0. The first-order valence-corrected chi connectivity index (χ1v) is 7.06. The first-order chi connectivity index (χ1) is 10.0. The van der Waals surface area contributed by atoms with Gasteiger partial charge < -0.3 is 10.0 Å². The Labute approximate surface area is 130 Å². The highest BCUT2D eigenvalue weighted by atomic mass is 35.5. The number of nitriles is 1. The van der Waals surface area contributed by atoms with Crippen LogP contribution in [0.25, 0.3) is 0 Å². The minimum absolute atomic E-state index is 0.533. The molecule has 0 aliphatic heterocycles. The Balaban J connectivity index is 2.20. The summed E-state index contributed by atoms with van der Waals surface area (Å²) in [6, 6.07) is 15.2. The summed E-state index contributed by atoms with van der Waals surface area (Å²) in [6.45, 7) is 2.37. The van der Waals surface area contributed by atoms with E-state index in [0.29, 0.717) is 17.1 Å². The molecule has 3 nitrogen and oxygen atoms in total. The molecule has 4 heteroatoms. The first-order valence-electron chi connectivity index (χ1n) is 6.69. The Morgan fingerprint density at radius 2 is 2.05 bits per heavy atom. The van der Waals surface area contributed by atoms with Crippen molar-refractivity contribution in [2.24, 2.45) is 0 Å². The molecule has 0 heterocycles. The SMILES string of the molecule is C[C@H](O)c1ccc(N(C)Cc2cccc(C#N)c2)c(Cl)c1. The second kappa shape index (κ2) is 6.62. The molecule has 21 heavy (non-hydrogen) atoms. The second-order valence-electron chi connectivity index (χ2n) is 5.06. The summed E-state index contributed by atoms with van der Waals surface area (Å²) in [4.78, 5) is 2.02. The van der Waals surface area contributed by atoms with E-state index in [-0.39, 0.29) is 0 Å². The molecule has 0 unspecified atom stereocenters. The smallest absolute Gasteiger partial charge is 0.0991 e. The molecule has 2 aromatic carbocycles. The molecule has 0 aromatic heterocycles. The van der Waals surface area contributed by atoms with Gasteiger partial charge in [0.25, 0.3) is 0 Å². The number of hydrogen-bond donors (Lipinski definition) is 1. The molecule has 1 atom stereocenters. The predicted octanol–water partition coefficient (Wildman–Crippen LogP) is 3.90. The van der Waals surface area contributed by atoms with E-state index in [1.807, 2.05) is 42.3 Å². The van der Waals surface area contributed by atoms with Crippen LogP contribution in [0, 0.1) is 11.3 Å². The van der Waals surface area contributed by atoms with Crippen molar-refractivity contribution >= 4 is 17.3 Å². The highest BCUT2D eigenvalue weighted by molar-refractivity contribution is 6.33. The molecule has 0 bridgehead atoms. The molecule has 2 rings (SSSR count). The van der Waals surface area contributed by atoms with Crippen LogP contribution in [0.2, 0.25) is 5.02 Å². The van der Waals surface area contributed by atoms with E-state index in [1.165, 1.54) is 0 Å². The molecule has 0 fully saturated rings. The second-order valence-corrected chi connectivity index (χ2v) is 5.46. The number of hydrogen-bond acceptors (Lipinski definition) is 3. The monoisotopic (exact) mass is 300 g/mol. The van der Waals surface area contributed by atoms with Crippen molar-refractivity contribution in [3.8, 4) is 6.07 Å². The number of benzene rings is 2. The topological polar surface area (TPSA) is 47.3 Å². The van der Waals surface area contributed by atoms with Crippen LogP contribution in [0.3, 0.4) is 0 Å². The first kappa shape index (κ1) is 15.4. The molecule has 0 spiro atoms. The van der Waals surface area contributed by atoms with Gasteiger partial charge in [-0.3, -0.25) is 0 Å². The number of rotatable bonds is 4. The van der Waals surface area contributed by atoms with E-state index in [1.54, 1.807) is 19.1 Å². The third-order valence-electron chi connectivity index (χ3n) is 3.34. The molecule has 2 aromatic rings. The van der Waals surface area contributed by atoms with Crippen molar-refractivity contribution in [1.82, 2.24) is 0 Å². The average Bonchev–Trinajstić information content (AvgIpc) is 2.47. The van der Waals surface area contributed by atoms with Gasteiger partial charge in [0.2, 0.25) is 0 Å². The highest BCUT2D eigenvalue weighted by Gasteiger charge is 2.10. The fourth-order valence-electron chi connectivity index (χ4n) is 2.19. The Morgan fingerprint density at radius 1 is 1.29 bits per heavy atom. The van der Waals surface area contributed by atoms with Crippen LogP contribution < -0.4 is 4.90 Å². The third-order valence-corrected chi connectivity index (χ3v) is 3.64. The minimum Gasteiger partial charge on any atom is -0.389 e. The Kier molecular flexibility index (Phi) is 4.85. The van der Waals surface area contributed by atoms with Gasteiger partial charge >= 0.3 is 0 Å². The van der Waals surface area contributed by atoms with E-state index in [4.69, 9.17) is 16.9 Å². The fraction of sp³-hybridized carbons (Fsp3) is 0.235. The van der Waals surface area contributed by atoms with Gasteiger partial charge in [-0.25, -0.2) is 0 Å². The van der Waals surface area contributed by atoms with Crippen molar-refractivity contribution < 1.29 is 5.11 Å². The van der Waals surface area contributed by atoms with Gasteiger partial charge in [0.05, 0.1) is 28.4 Å². The predicted molar refractivity (Wildman–Crippen MR) is 85.3 cm³/mol. The van der Waals surface area contributed by atoms with Gasteiger partial charge in [-0.05, 0) is 42.3 Å². The van der Waals surface area contributed by atoms with Crippen molar-refractivity contribution in [2.75, 3.05) is 11.9 Å². The number of nitrogens with zero attached hydrogens (tertiary/aromatic N) is 2. The largest absolute Gasteiger partial charge is 0.389 e. The lowest BCUT2D eigenvalue weighted by Gasteiger charge is -2.21. The van der Waals surface area contributed by atoms with Crippen LogP contribution in [-0.2, 0) is 6.54 Å². The van der Waals surface area contributed by atoms with Crippen molar-refractivity contribution in [2.45, 2.75) is 19.6 Å². The standard InChI is InChI=1S/C17H17ClN2O/c1-12(21)15-6-7-17(16(18)9-15)20(2)11-14-5-3-4-13(8-14)10-19/h3-9,12,21H,11H2,1-2H3/t12-/m0/s1. The van der Waals surface area contributed by atoms with Crippen LogP contribution in [0.1, 0.15) is 29.7 Å². The minimum atomic E-state index is -0.533. The maximum absolute atomic E-state index is 9.57. The summed E-state index contributed by atoms with van der Waals surface area (Å²) in [5.74, 6) is 0. The molecular formula is C17H17ClN2O. The van der Waals surface area contributed by atoms with E-state index < -0.39 is 6.10 Å². The van der Waals surface area contributed by atoms with Crippen LogP contribution in [-0.4, -0.2) is 12.2 Å². The molecule has 0 saturated heterocycles. The summed E-state index contributed by atoms with van der Waals surface area (Å²) in [6.07, 6.45) is -0.533. The van der Waals surface area contributed by atoms with Gasteiger partial charge in [0.15, 0.2) is 0 Å². The average molecular weight is 301 g/mol. The van der Waals surface area contributed by atoms with Gasteiger partial charge in [0, 0.05) is 13.6 Å². The third kappa shape index (κ3) is 3.75. The summed E-state index contributed by atoms with van der Waals surface area (Å²) in [7, 11) is 1.95. The van der Waals surface area contributed by atoms with Gasteiger partial charge in [0.1, 0.15) is 0 Å². The number of aliphatic hydroxyl groups excluding tert-OH is 1. The summed E-state index contributed by atoms with van der Waals surface area (Å²) >= 11 is 6.29. The van der Waals surface area contributed by atoms with E-state index >= 15 is 0 Å². The lowest BCUT2D eigenvalue weighted by Crippen LogP contribution is -2.17. The number of aliphatic hydroxyl groups is 1. The van der Waals surface area contributed by atoms with Crippen molar-refractivity contribution in [3.05, 3.63) is 64.2 Å². The Morgan fingerprint density at radius 3 is 2.67 bits per heavy atom. The molecule has 108 valence electrons. The lowest BCUT2D eigenvalue weighted by molar-refractivity contribution is 0.199. The molecule has 0 amide bonds. The van der Waals surface area contributed by atoms with E-state index in [2.05, 4.69) is 6.07 Å². The quantitative estimate of drug-likeness (QED) is 0.931. The number of anilines is 1. The van der Waals surface area contributed by atoms with E-state index in [9.17, 15) is 5.11 Å². The van der Waals surface area contributed by atoms with Crippen molar-refractivity contribution in [3.63, 3.8) is 0 Å². The summed E-state index contributed by atoms with van der Waals surface area (Å²) in [5.41, 5.74) is 3.38. The fourth-order valence-corrected chi connectivity index (χ4v) is 2.52. The molecule has 0 radical (unpaired) electrons. The van der Waals surface area contributed by atoms with Crippen LogP contribution in [0.4, 0.5) is 5.69 Å². The molecule has 0 aliphatic carbocycles. The summed E-state index contributed by atoms with van der Waals surface area (Å²) in [5, 5.41) is 19.1. The van der Waals surface area contributed by atoms with Gasteiger partial charge in [-0.2, -0.15) is 5.26 Å². The van der Waals surface area contributed by atoms with Gasteiger partial charge in [-0.1, -0.05) is 29.8 Å². The Bertz CT molecular complexity index is 677. The molecule has 0 aliphatic rings. The summed E-state index contributed by atoms with van der Waals surface area (Å²) < 4.78 is 0. The normalized spacial score (nSPS) is 11.8. The highest BCUT2D eigenvalue weighted by Crippen LogP contribution is 2.29. The maximum Gasteiger partial charge on any atom is 0.0991 e. The van der Waals surface area contributed by atoms with Crippen molar-refractivity contribution in [1.29, 1.82) is 5.26 Å². The Hall–Kier alpha value is -2.02. The number of halogens is 1. The van der Waals surface area contributed by atoms with Crippen LogP contribution in [0.5, 0.6) is 0 Å². The van der Waals surface area contributed by atoms with Crippen LogP contribution in [0.15, 0.2) is 42.5 Å². The van der Waals surface area contributed by atoms with Crippen LogP contribution >= 0.6 is 11.6 Å². The molecule has 1 N–H and O–H groups in total. The van der Waals surface area contributed by atoms with E-state index in [0.717, 1.165) is 16.8 Å². The zero-order valence-corrected chi connectivity index (χ0v) is 12.8. The molecular weight excluding hydrogens is 284 g/mol. The molecule has 0 saturated carbocycles. The van der Waals surface area contributed by atoms with Gasteiger partial charge in [-0.15, -0.1) is 0 Å². The maximum atomic E-state index is 9.57. The lowest BCUT2D eigenvalue weighted by atomic mass is 10.1. The zero-order chi connectivity index (χ0) is 15.4.